The molecule has 1 aliphatic rings. The van der Waals surface area contributed by atoms with Crippen molar-refractivity contribution >= 4 is 11.9 Å². The van der Waals surface area contributed by atoms with Crippen LogP contribution in [-0.2, 0) is 4.79 Å². The first-order chi connectivity index (χ1) is 8.25. The van der Waals surface area contributed by atoms with Crippen molar-refractivity contribution in [2.75, 3.05) is 0 Å². The van der Waals surface area contributed by atoms with Crippen molar-refractivity contribution in [1.82, 2.24) is 0 Å². The van der Waals surface area contributed by atoms with E-state index in [1.807, 2.05) is 0 Å². The van der Waals surface area contributed by atoms with E-state index in [4.69, 9.17) is 0 Å². The first kappa shape index (κ1) is 12.0. The third-order valence-corrected chi connectivity index (χ3v) is 3.32. The zero-order valence-corrected chi connectivity index (χ0v) is 9.86. The summed E-state index contributed by atoms with van der Waals surface area (Å²) >= 11 is 0. The molecule has 1 aliphatic carbocycles. The van der Waals surface area contributed by atoms with Crippen LogP contribution in [0, 0.1) is 11.7 Å². The van der Waals surface area contributed by atoms with Crippen molar-refractivity contribution in [3.63, 3.8) is 0 Å². The van der Waals surface area contributed by atoms with Gasteiger partial charge in [0.15, 0.2) is 5.78 Å². The highest BCUT2D eigenvalue weighted by molar-refractivity contribution is 5.95. The molecule has 1 nitrogen and oxygen atoms in total. The van der Waals surface area contributed by atoms with Crippen LogP contribution in [-0.4, -0.2) is 5.78 Å². The van der Waals surface area contributed by atoms with Gasteiger partial charge < -0.3 is 0 Å². The number of allylic oxidation sites excluding steroid dienone is 1. The van der Waals surface area contributed by atoms with Gasteiger partial charge in [-0.25, -0.2) is 4.39 Å². The molecule has 2 heteroatoms. The normalized spacial score (nSPS) is 17.5. The lowest BCUT2D eigenvalue weighted by atomic mass is 9.86. The summed E-state index contributed by atoms with van der Waals surface area (Å²) in [5, 5.41) is 0. The summed E-state index contributed by atoms with van der Waals surface area (Å²) in [6.07, 6.45) is 9.05. The first-order valence-electron chi connectivity index (χ1n) is 6.23. The molecule has 0 aromatic heterocycles. The van der Waals surface area contributed by atoms with Crippen LogP contribution in [0.2, 0.25) is 0 Å². The molecule has 0 radical (unpaired) electrons. The fourth-order valence-corrected chi connectivity index (χ4v) is 2.28. The van der Waals surface area contributed by atoms with Crippen molar-refractivity contribution in [3.8, 4) is 0 Å². The van der Waals surface area contributed by atoms with Gasteiger partial charge in [-0.1, -0.05) is 37.5 Å². The van der Waals surface area contributed by atoms with E-state index in [0.717, 1.165) is 18.4 Å². The Balaban J connectivity index is 1.95. The Kier molecular flexibility index (Phi) is 4.08. The van der Waals surface area contributed by atoms with E-state index in [-0.39, 0.29) is 17.5 Å². The molecule has 1 aromatic carbocycles. The molecular formula is C15H17FO. The van der Waals surface area contributed by atoms with Crippen molar-refractivity contribution < 1.29 is 9.18 Å². The van der Waals surface area contributed by atoms with Crippen LogP contribution in [0.3, 0.4) is 0 Å². The molecule has 0 saturated heterocycles. The zero-order chi connectivity index (χ0) is 12.1. The Labute approximate surface area is 101 Å². The maximum Gasteiger partial charge on any atom is 0.158 e. The average molecular weight is 232 g/mol. The first-order valence-corrected chi connectivity index (χ1v) is 6.23. The number of halogens is 1. The maximum absolute atomic E-state index is 12.7. The second kappa shape index (κ2) is 5.76. The number of benzene rings is 1. The number of carbonyl (C=O) groups excluding carboxylic acids is 1. The van der Waals surface area contributed by atoms with E-state index in [0.29, 0.717) is 0 Å². The number of ketones is 1. The molecule has 0 amide bonds. The van der Waals surface area contributed by atoms with Crippen LogP contribution in [0.5, 0.6) is 0 Å². The van der Waals surface area contributed by atoms with Gasteiger partial charge in [0.2, 0.25) is 0 Å². The van der Waals surface area contributed by atoms with E-state index in [2.05, 4.69) is 0 Å². The monoisotopic (exact) mass is 232 g/mol. The largest absolute Gasteiger partial charge is 0.295 e. The van der Waals surface area contributed by atoms with Gasteiger partial charge in [-0.05, 0) is 36.6 Å². The van der Waals surface area contributed by atoms with Gasteiger partial charge in [0, 0.05) is 5.92 Å². The molecule has 0 atom stereocenters. The fourth-order valence-electron chi connectivity index (χ4n) is 2.28. The van der Waals surface area contributed by atoms with Crippen LogP contribution < -0.4 is 0 Å². The highest BCUT2D eigenvalue weighted by atomic mass is 19.1. The van der Waals surface area contributed by atoms with E-state index in [9.17, 15) is 9.18 Å². The van der Waals surface area contributed by atoms with Crippen molar-refractivity contribution in [2.45, 2.75) is 32.1 Å². The van der Waals surface area contributed by atoms with Crippen molar-refractivity contribution in [3.05, 3.63) is 41.7 Å². The Hall–Kier alpha value is -1.44. The summed E-state index contributed by atoms with van der Waals surface area (Å²) in [5.41, 5.74) is 0.871. The summed E-state index contributed by atoms with van der Waals surface area (Å²) < 4.78 is 12.7. The molecule has 0 N–H and O–H groups in total. The summed E-state index contributed by atoms with van der Waals surface area (Å²) in [6, 6.07) is 6.18. The molecule has 0 bridgehead atoms. The Morgan fingerprint density at radius 2 is 1.76 bits per heavy atom. The van der Waals surface area contributed by atoms with Gasteiger partial charge >= 0.3 is 0 Å². The molecular weight excluding hydrogens is 215 g/mol. The minimum absolute atomic E-state index is 0.209. The van der Waals surface area contributed by atoms with Gasteiger partial charge in [-0.15, -0.1) is 0 Å². The number of hydrogen-bond donors (Lipinski definition) is 0. The molecule has 2 rings (SSSR count). The van der Waals surface area contributed by atoms with Crippen LogP contribution >= 0.6 is 0 Å². The van der Waals surface area contributed by atoms with Crippen LogP contribution in [0.15, 0.2) is 30.3 Å². The van der Waals surface area contributed by atoms with E-state index < -0.39 is 0 Å². The van der Waals surface area contributed by atoms with Gasteiger partial charge in [0.05, 0.1) is 0 Å². The predicted octanol–water partition coefficient (Wildman–Crippen LogP) is 3.99. The van der Waals surface area contributed by atoms with Crippen LogP contribution in [0.1, 0.15) is 37.7 Å². The van der Waals surface area contributed by atoms with Crippen molar-refractivity contribution in [2.24, 2.45) is 5.92 Å². The van der Waals surface area contributed by atoms with Crippen molar-refractivity contribution in [1.29, 1.82) is 0 Å². The third-order valence-electron chi connectivity index (χ3n) is 3.32. The minimum Gasteiger partial charge on any atom is -0.295 e. The molecule has 90 valence electrons. The predicted molar refractivity (Wildman–Crippen MR) is 67.0 cm³/mol. The molecule has 0 unspecified atom stereocenters. The standard InChI is InChI=1S/C15H17FO/c16-14-9-6-12(7-10-14)8-11-15(17)13-4-2-1-3-5-13/h6-11,13H,1-5H2. The Morgan fingerprint density at radius 1 is 1.12 bits per heavy atom. The van der Waals surface area contributed by atoms with Gasteiger partial charge in [0.25, 0.3) is 0 Å². The molecule has 17 heavy (non-hydrogen) atoms. The Morgan fingerprint density at radius 3 is 2.41 bits per heavy atom. The second-order valence-corrected chi connectivity index (χ2v) is 4.62. The summed E-state index contributed by atoms with van der Waals surface area (Å²) in [4.78, 5) is 11.9. The highest BCUT2D eigenvalue weighted by Crippen LogP contribution is 2.24. The van der Waals surface area contributed by atoms with Crippen LogP contribution in [0.4, 0.5) is 4.39 Å². The molecule has 0 heterocycles. The second-order valence-electron chi connectivity index (χ2n) is 4.62. The summed E-state index contributed by atoms with van der Waals surface area (Å²) in [7, 11) is 0. The average Bonchev–Trinajstić information content (AvgIpc) is 2.39. The summed E-state index contributed by atoms with van der Waals surface area (Å²) in [5.74, 6) is 0.176. The lowest BCUT2D eigenvalue weighted by molar-refractivity contribution is -0.119. The van der Waals surface area contributed by atoms with E-state index in [1.165, 1.54) is 31.4 Å². The van der Waals surface area contributed by atoms with E-state index >= 15 is 0 Å². The molecule has 1 saturated carbocycles. The maximum atomic E-state index is 12.7. The van der Waals surface area contributed by atoms with Crippen LogP contribution in [0.25, 0.3) is 6.08 Å². The topological polar surface area (TPSA) is 17.1 Å². The molecule has 1 aromatic rings. The SMILES string of the molecule is O=C(C=Cc1ccc(F)cc1)C1CCCCC1. The van der Waals surface area contributed by atoms with Gasteiger partial charge in [-0.3, -0.25) is 4.79 Å². The number of rotatable bonds is 3. The third kappa shape index (κ3) is 3.52. The lowest BCUT2D eigenvalue weighted by Gasteiger charge is -2.18. The molecule has 0 spiro atoms. The zero-order valence-electron chi connectivity index (χ0n) is 9.86. The smallest absolute Gasteiger partial charge is 0.158 e. The lowest BCUT2D eigenvalue weighted by Crippen LogP contribution is -2.15. The van der Waals surface area contributed by atoms with Gasteiger partial charge in [-0.2, -0.15) is 0 Å². The fraction of sp³-hybridized carbons (Fsp3) is 0.400. The Bertz CT molecular complexity index is 399. The number of hydrogen-bond acceptors (Lipinski definition) is 1. The summed E-state index contributed by atoms with van der Waals surface area (Å²) in [6.45, 7) is 0. The van der Waals surface area contributed by atoms with Gasteiger partial charge in [0.1, 0.15) is 5.82 Å². The number of carbonyl (C=O) groups is 1. The molecule has 0 aliphatic heterocycles. The minimum atomic E-state index is -0.249. The van der Waals surface area contributed by atoms with E-state index in [1.54, 1.807) is 24.3 Å². The quantitative estimate of drug-likeness (QED) is 0.720. The molecule has 1 fully saturated rings. The highest BCUT2D eigenvalue weighted by Gasteiger charge is 2.18.